The molecule has 94 valence electrons. The van der Waals surface area contributed by atoms with Gasteiger partial charge in [0.05, 0.1) is 30.5 Å². The van der Waals surface area contributed by atoms with Crippen LogP contribution in [0.2, 0.25) is 5.02 Å². The Hall–Kier alpha value is -1.66. The molecule has 0 amide bonds. The second-order valence-corrected chi connectivity index (χ2v) is 4.82. The maximum Gasteiger partial charge on any atom is 0.287 e. The summed E-state index contributed by atoms with van der Waals surface area (Å²) in [4.78, 5) is 16.8. The summed E-state index contributed by atoms with van der Waals surface area (Å²) in [6.45, 7) is 4.46. The fourth-order valence-corrected chi connectivity index (χ4v) is 2.10. The third-order valence-corrected chi connectivity index (χ3v) is 3.37. The zero-order valence-corrected chi connectivity index (χ0v) is 11.0. The molecule has 0 aliphatic rings. The quantitative estimate of drug-likeness (QED) is 0.854. The van der Waals surface area contributed by atoms with Gasteiger partial charge in [-0.3, -0.25) is 9.78 Å². The Morgan fingerprint density at radius 3 is 3.06 bits per heavy atom. The predicted octanol–water partition coefficient (Wildman–Crippen LogP) is 2.15. The molecule has 18 heavy (non-hydrogen) atoms. The van der Waals surface area contributed by atoms with Crippen molar-refractivity contribution in [1.82, 2.24) is 14.8 Å². The average molecular weight is 283 g/mol. The summed E-state index contributed by atoms with van der Waals surface area (Å²) >= 11 is 7.52. The molecule has 0 spiro atoms. The van der Waals surface area contributed by atoms with Crippen molar-refractivity contribution in [1.29, 1.82) is 0 Å². The minimum Gasteiger partial charge on any atom is -0.377 e. The molecule has 5 nitrogen and oxygen atoms in total. The van der Waals surface area contributed by atoms with Crippen molar-refractivity contribution in [3.05, 3.63) is 50.8 Å². The number of anilines is 1. The maximum absolute atomic E-state index is 11.8. The number of hydrogen-bond donors (Lipinski definition) is 1. The lowest BCUT2D eigenvalue weighted by atomic mass is 10.4. The van der Waals surface area contributed by atoms with Gasteiger partial charge in [0.15, 0.2) is 0 Å². The van der Waals surface area contributed by atoms with E-state index >= 15 is 0 Å². The van der Waals surface area contributed by atoms with E-state index in [4.69, 9.17) is 11.6 Å². The Morgan fingerprint density at radius 1 is 1.56 bits per heavy atom. The van der Waals surface area contributed by atoms with Crippen molar-refractivity contribution in [3.8, 4) is 0 Å². The van der Waals surface area contributed by atoms with Crippen molar-refractivity contribution in [2.75, 3.05) is 5.32 Å². The van der Waals surface area contributed by atoms with Crippen LogP contribution in [-0.4, -0.2) is 14.8 Å². The first-order valence-electron chi connectivity index (χ1n) is 5.20. The Balaban J connectivity index is 2.16. The molecule has 2 heterocycles. The third-order valence-electron chi connectivity index (χ3n) is 2.22. The standard InChI is InChI=1S/C11H11ClN4OS/c1-2-3-16-11(17)10(12)9(6-15-16)14-5-8-4-13-7-18-8/h2,4,6-7,14H,1,3,5H2. The number of thiazole rings is 1. The van der Waals surface area contributed by atoms with Gasteiger partial charge >= 0.3 is 0 Å². The molecule has 0 atom stereocenters. The van der Waals surface area contributed by atoms with E-state index in [0.717, 1.165) is 4.88 Å². The molecule has 0 saturated carbocycles. The molecule has 7 heteroatoms. The summed E-state index contributed by atoms with van der Waals surface area (Å²) in [5, 5.41) is 7.20. The van der Waals surface area contributed by atoms with Crippen LogP contribution in [0.4, 0.5) is 5.69 Å². The number of rotatable bonds is 5. The van der Waals surface area contributed by atoms with Gasteiger partial charge in [0.25, 0.3) is 5.56 Å². The number of hydrogen-bond acceptors (Lipinski definition) is 5. The van der Waals surface area contributed by atoms with Crippen molar-refractivity contribution in [2.45, 2.75) is 13.1 Å². The van der Waals surface area contributed by atoms with E-state index in [1.807, 2.05) is 0 Å². The van der Waals surface area contributed by atoms with E-state index in [2.05, 4.69) is 22.0 Å². The molecule has 0 fully saturated rings. The first-order valence-corrected chi connectivity index (χ1v) is 6.46. The van der Waals surface area contributed by atoms with Gasteiger partial charge in [-0.15, -0.1) is 17.9 Å². The van der Waals surface area contributed by atoms with Gasteiger partial charge in [-0.05, 0) is 0 Å². The monoisotopic (exact) mass is 282 g/mol. The molecule has 0 aliphatic carbocycles. The topological polar surface area (TPSA) is 59.8 Å². The van der Waals surface area contributed by atoms with Gasteiger partial charge in [0, 0.05) is 11.1 Å². The average Bonchev–Trinajstić information content (AvgIpc) is 2.87. The van der Waals surface area contributed by atoms with E-state index in [1.165, 1.54) is 22.2 Å². The molecule has 0 saturated heterocycles. The Morgan fingerprint density at radius 2 is 2.39 bits per heavy atom. The Kier molecular flexibility index (Phi) is 4.11. The van der Waals surface area contributed by atoms with Gasteiger partial charge in [-0.25, -0.2) is 4.68 Å². The number of halogens is 1. The zero-order valence-electron chi connectivity index (χ0n) is 9.47. The van der Waals surface area contributed by atoms with Crippen LogP contribution in [0, 0.1) is 0 Å². The van der Waals surface area contributed by atoms with Crippen molar-refractivity contribution in [2.24, 2.45) is 0 Å². The van der Waals surface area contributed by atoms with Crippen LogP contribution < -0.4 is 10.9 Å². The second kappa shape index (κ2) is 5.79. The number of nitrogens with zero attached hydrogens (tertiary/aromatic N) is 3. The first-order chi connectivity index (χ1) is 8.72. The van der Waals surface area contributed by atoms with E-state index in [0.29, 0.717) is 18.8 Å². The normalized spacial score (nSPS) is 10.3. The summed E-state index contributed by atoms with van der Waals surface area (Å²) in [5.74, 6) is 0. The first kappa shape index (κ1) is 12.8. The molecule has 1 N–H and O–H groups in total. The van der Waals surface area contributed by atoms with Crippen molar-refractivity contribution < 1.29 is 0 Å². The van der Waals surface area contributed by atoms with Crippen LogP contribution in [-0.2, 0) is 13.1 Å². The van der Waals surface area contributed by atoms with Gasteiger partial charge in [-0.2, -0.15) is 5.10 Å². The summed E-state index contributed by atoms with van der Waals surface area (Å²) in [6, 6.07) is 0. The fraction of sp³-hybridized carbons (Fsp3) is 0.182. The third kappa shape index (κ3) is 2.77. The highest BCUT2D eigenvalue weighted by atomic mass is 35.5. The Bertz CT molecular complexity index is 594. The van der Waals surface area contributed by atoms with E-state index < -0.39 is 0 Å². The SMILES string of the molecule is C=CCn1ncc(NCc2cncs2)c(Cl)c1=O. The Labute approximate surface area is 113 Å². The smallest absolute Gasteiger partial charge is 0.287 e. The largest absolute Gasteiger partial charge is 0.377 e. The summed E-state index contributed by atoms with van der Waals surface area (Å²) in [6.07, 6.45) is 4.89. The molecule has 0 aliphatic heterocycles. The number of aromatic nitrogens is 3. The lowest BCUT2D eigenvalue weighted by molar-refractivity contribution is 0.653. The van der Waals surface area contributed by atoms with E-state index in [-0.39, 0.29) is 10.6 Å². The highest BCUT2D eigenvalue weighted by molar-refractivity contribution is 7.09. The maximum atomic E-state index is 11.8. The van der Waals surface area contributed by atoms with Gasteiger partial charge in [-0.1, -0.05) is 17.7 Å². The summed E-state index contributed by atoms with van der Waals surface area (Å²) < 4.78 is 1.26. The molecule has 0 aromatic carbocycles. The molecule has 2 rings (SSSR count). The highest BCUT2D eigenvalue weighted by Gasteiger charge is 2.08. The summed E-state index contributed by atoms with van der Waals surface area (Å²) in [5.41, 5.74) is 1.94. The molecule has 2 aromatic rings. The lowest BCUT2D eigenvalue weighted by Gasteiger charge is -2.08. The molecular formula is C11H11ClN4OS. The fourth-order valence-electron chi connectivity index (χ4n) is 1.35. The van der Waals surface area contributed by atoms with Gasteiger partial charge in [0.1, 0.15) is 5.02 Å². The molecule has 0 bridgehead atoms. The molecule has 2 aromatic heterocycles. The van der Waals surface area contributed by atoms with Crippen LogP contribution in [0.1, 0.15) is 4.88 Å². The van der Waals surface area contributed by atoms with Crippen LogP contribution in [0.5, 0.6) is 0 Å². The van der Waals surface area contributed by atoms with Crippen LogP contribution in [0.3, 0.4) is 0 Å². The van der Waals surface area contributed by atoms with Gasteiger partial charge < -0.3 is 5.32 Å². The van der Waals surface area contributed by atoms with Crippen LogP contribution in [0.25, 0.3) is 0 Å². The minimum atomic E-state index is -0.328. The zero-order chi connectivity index (χ0) is 13.0. The van der Waals surface area contributed by atoms with E-state index in [9.17, 15) is 4.79 Å². The number of allylic oxidation sites excluding steroid dienone is 1. The predicted molar refractivity (Wildman–Crippen MR) is 73.1 cm³/mol. The molecule has 0 radical (unpaired) electrons. The van der Waals surface area contributed by atoms with Crippen molar-refractivity contribution >= 4 is 28.6 Å². The van der Waals surface area contributed by atoms with Crippen molar-refractivity contribution in [3.63, 3.8) is 0 Å². The molecule has 0 unspecified atom stereocenters. The highest BCUT2D eigenvalue weighted by Crippen LogP contribution is 2.17. The number of nitrogens with one attached hydrogen (secondary N) is 1. The summed E-state index contributed by atoms with van der Waals surface area (Å²) in [7, 11) is 0. The second-order valence-electron chi connectivity index (χ2n) is 3.47. The van der Waals surface area contributed by atoms with Crippen LogP contribution >= 0.6 is 22.9 Å². The van der Waals surface area contributed by atoms with E-state index in [1.54, 1.807) is 17.8 Å². The van der Waals surface area contributed by atoms with Crippen LogP contribution in [0.15, 0.2) is 35.4 Å². The molecular weight excluding hydrogens is 272 g/mol. The lowest BCUT2D eigenvalue weighted by Crippen LogP contribution is -2.23. The minimum absolute atomic E-state index is 0.136. The van der Waals surface area contributed by atoms with Gasteiger partial charge in [0.2, 0.25) is 0 Å².